The third-order valence-electron chi connectivity index (χ3n) is 3.34. The van der Waals surface area contributed by atoms with Crippen LogP contribution in [-0.2, 0) is 10.0 Å². The van der Waals surface area contributed by atoms with E-state index < -0.39 is 15.6 Å². The summed E-state index contributed by atoms with van der Waals surface area (Å²) >= 11 is 0. The zero-order valence-corrected chi connectivity index (χ0v) is 11.2. The molecular weight excluding hydrogens is 252 g/mol. The van der Waals surface area contributed by atoms with E-state index in [-0.39, 0.29) is 10.6 Å². The lowest BCUT2D eigenvalue weighted by Gasteiger charge is -2.35. The minimum atomic E-state index is -3.55. The van der Waals surface area contributed by atoms with Gasteiger partial charge in [0.1, 0.15) is 4.90 Å². The van der Waals surface area contributed by atoms with Gasteiger partial charge in [0, 0.05) is 13.1 Å². The minimum absolute atomic E-state index is 0.145. The SMILES string of the molecule is CC1(O)CCN(S(=O)(=O)c2ccccc2N)CC1. The first-order valence-electron chi connectivity index (χ1n) is 5.90. The fourth-order valence-electron chi connectivity index (χ4n) is 2.06. The van der Waals surface area contributed by atoms with Crippen molar-refractivity contribution < 1.29 is 13.5 Å². The first kappa shape index (κ1) is 13.3. The van der Waals surface area contributed by atoms with E-state index in [1.54, 1.807) is 25.1 Å². The van der Waals surface area contributed by atoms with Crippen LogP contribution in [0.3, 0.4) is 0 Å². The molecule has 1 heterocycles. The average Bonchev–Trinajstić information content (AvgIpc) is 2.28. The number of nitrogens with two attached hydrogens (primary N) is 1. The molecule has 0 radical (unpaired) electrons. The lowest BCUT2D eigenvalue weighted by Crippen LogP contribution is -2.45. The number of anilines is 1. The van der Waals surface area contributed by atoms with Crippen molar-refractivity contribution in [1.29, 1.82) is 0 Å². The Morgan fingerprint density at radius 3 is 2.39 bits per heavy atom. The highest BCUT2D eigenvalue weighted by molar-refractivity contribution is 7.89. The number of hydrogen-bond donors (Lipinski definition) is 2. The number of piperidine rings is 1. The van der Waals surface area contributed by atoms with Gasteiger partial charge in [-0.25, -0.2) is 8.42 Å². The second-order valence-electron chi connectivity index (χ2n) is 4.94. The molecule has 5 nitrogen and oxygen atoms in total. The van der Waals surface area contributed by atoms with E-state index in [0.717, 1.165) is 0 Å². The van der Waals surface area contributed by atoms with Crippen molar-refractivity contribution in [3.63, 3.8) is 0 Å². The first-order valence-corrected chi connectivity index (χ1v) is 7.34. The quantitative estimate of drug-likeness (QED) is 0.779. The van der Waals surface area contributed by atoms with Gasteiger partial charge in [-0.05, 0) is 31.9 Å². The molecule has 0 unspecified atom stereocenters. The summed E-state index contributed by atoms with van der Waals surface area (Å²) in [6, 6.07) is 6.45. The molecule has 1 saturated heterocycles. The summed E-state index contributed by atoms with van der Waals surface area (Å²) in [6.07, 6.45) is 0.887. The molecule has 2 rings (SSSR count). The summed E-state index contributed by atoms with van der Waals surface area (Å²) in [5.41, 5.74) is 5.20. The standard InChI is InChI=1S/C12H18N2O3S/c1-12(15)6-8-14(9-7-12)18(16,17)11-5-3-2-4-10(11)13/h2-5,15H,6-9,13H2,1H3. The van der Waals surface area contributed by atoms with E-state index in [1.165, 1.54) is 10.4 Å². The highest BCUT2D eigenvalue weighted by atomic mass is 32.2. The Labute approximate surface area is 107 Å². The highest BCUT2D eigenvalue weighted by Crippen LogP contribution is 2.28. The predicted molar refractivity (Wildman–Crippen MR) is 69.5 cm³/mol. The summed E-state index contributed by atoms with van der Waals surface area (Å²) < 4.78 is 26.2. The van der Waals surface area contributed by atoms with Crippen molar-refractivity contribution in [3.05, 3.63) is 24.3 Å². The molecule has 18 heavy (non-hydrogen) atoms. The third kappa shape index (κ3) is 2.50. The Kier molecular flexibility index (Phi) is 3.35. The molecular formula is C12H18N2O3S. The van der Waals surface area contributed by atoms with Gasteiger partial charge in [0.05, 0.1) is 11.3 Å². The van der Waals surface area contributed by atoms with Crippen LogP contribution >= 0.6 is 0 Å². The van der Waals surface area contributed by atoms with Gasteiger partial charge in [-0.1, -0.05) is 12.1 Å². The Balaban J connectivity index is 2.26. The van der Waals surface area contributed by atoms with Crippen LogP contribution in [0.25, 0.3) is 0 Å². The fourth-order valence-corrected chi connectivity index (χ4v) is 3.62. The molecule has 0 aromatic heterocycles. The molecule has 6 heteroatoms. The van der Waals surface area contributed by atoms with Crippen molar-refractivity contribution in [2.24, 2.45) is 0 Å². The molecule has 0 amide bonds. The predicted octanol–water partition coefficient (Wildman–Crippen LogP) is 0.804. The summed E-state index contributed by atoms with van der Waals surface area (Å²) in [4.78, 5) is 0.145. The van der Waals surface area contributed by atoms with E-state index in [4.69, 9.17) is 5.73 Å². The molecule has 1 fully saturated rings. The van der Waals surface area contributed by atoms with Crippen LogP contribution in [0, 0.1) is 0 Å². The second kappa shape index (κ2) is 4.53. The van der Waals surface area contributed by atoms with Crippen LogP contribution in [0.2, 0.25) is 0 Å². The number of sulfonamides is 1. The molecule has 1 aliphatic rings. The number of para-hydroxylation sites is 1. The molecule has 1 aromatic rings. The van der Waals surface area contributed by atoms with E-state index >= 15 is 0 Å². The maximum atomic E-state index is 12.4. The van der Waals surface area contributed by atoms with Gasteiger partial charge >= 0.3 is 0 Å². The Hall–Kier alpha value is -1.11. The molecule has 1 aromatic carbocycles. The minimum Gasteiger partial charge on any atom is -0.398 e. The van der Waals surface area contributed by atoms with Crippen LogP contribution in [0.4, 0.5) is 5.69 Å². The molecule has 3 N–H and O–H groups in total. The monoisotopic (exact) mass is 270 g/mol. The number of rotatable bonds is 2. The van der Waals surface area contributed by atoms with Gasteiger partial charge in [0.25, 0.3) is 0 Å². The van der Waals surface area contributed by atoms with Crippen LogP contribution in [0.5, 0.6) is 0 Å². The molecule has 100 valence electrons. The van der Waals surface area contributed by atoms with E-state index in [2.05, 4.69) is 0 Å². The lowest BCUT2D eigenvalue weighted by atomic mass is 9.95. The van der Waals surface area contributed by atoms with Gasteiger partial charge in [0.15, 0.2) is 0 Å². The molecule has 0 bridgehead atoms. The van der Waals surface area contributed by atoms with Crippen LogP contribution < -0.4 is 5.73 Å². The number of hydrogen-bond acceptors (Lipinski definition) is 4. The summed E-state index contributed by atoms with van der Waals surface area (Å²) in [5.74, 6) is 0. The van der Waals surface area contributed by atoms with Crippen molar-refractivity contribution in [3.8, 4) is 0 Å². The molecule has 0 aliphatic carbocycles. The molecule has 0 atom stereocenters. The first-order chi connectivity index (χ1) is 8.33. The smallest absolute Gasteiger partial charge is 0.245 e. The number of nitrogens with zero attached hydrogens (tertiary/aromatic N) is 1. The number of benzene rings is 1. The topological polar surface area (TPSA) is 83.6 Å². The highest BCUT2D eigenvalue weighted by Gasteiger charge is 2.34. The molecule has 0 saturated carbocycles. The van der Waals surface area contributed by atoms with Gasteiger partial charge in [0.2, 0.25) is 10.0 Å². The van der Waals surface area contributed by atoms with Crippen molar-refractivity contribution in [1.82, 2.24) is 4.31 Å². The van der Waals surface area contributed by atoms with Gasteiger partial charge in [-0.15, -0.1) is 0 Å². The van der Waals surface area contributed by atoms with Gasteiger partial charge in [-0.3, -0.25) is 0 Å². The summed E-state index contributed by atoms with van der Waals surface area (Å²) in [5, 5.41) is 9.84. The average molecular weight is 270 g/mol. The third-order valence-corrected chi connectivity index (χ3v) is 5.31. The van der Waals surface area contributed by atoms with E-state index in [9.17, 15) is 13.5 Å². The molecule has 0 spiro atoms. The van der Waals surface area contributed by atoms with Gasteiger partial charge < -0.3 is 10.8 Å². The summed E-state index contributed by atoms with van der Waals surface area (Å²) in [7, 11) is -3.55. The van der Waals surface area contributed by atoms with E-state index in [1.807, 2.05) is 0 Å². The van der Waals surface area contributed by atoms with E-state index in [0.29, 0.717) is 25.9 Å². The Morgan fingerprint density at radius 2 is 1.83 bits per heavy atom. The molecule has 1 aliphatic heterocycles. The second-order valence-corrected chi connectivity index (χ2v) is 6.85. The van der Waals surface area contributed by atoms with Crippen molar-refractivity contribution >= 4 is 15.7 Å². The largest absolute Gasteiger partial charge is 0.398 e. The van der Waals surface area contributed by atoms with Crippen molar-refractivity contribution in [2.75, 3.05) is 18.8 Å². The van der Waals surface area contributed by atoms with Crippen LogP contribution in [0.1, 0.15) is 19.8 Å². The number of aliphatic hydroxyl groups is 1. The van der Waals surface area contributed by atoms with Crippen LogP contribution in [0.15, 0.2) is 29.2 Å². The zero-order chi connectivity index (χ0) is 13.4. The lowest BCUT2D eigenvalue weighted by molar-refractivity contribution is 0.0126. The van der Waals surface area contributed by atoms with Crippen LogP contribution in [-0.4, -0.2) is 36.5 Å². The maximum absolute atomic E-state index is 12.4. The maximum Gasteiger partial charge on any atom is 0.245 e. The summed E-state index contributed by atoms with van der Waals surface area (Å²) in [6.45, 7) is 2.38. The Morgan fingerprint density at radius 1 is 1.28 bits per heavy atom. The number of nitrogen functional groups attached to an aromatic ring is 1. The fraction of sp³-hybridized carbons (Fsp3) is 0.500. The van der Waals surface area contributed by atoms with Crippen molar-refractivity contribution in [2.45, 2.75) is 30.3 Å². The zero-order valence-electron chi connectivity index (χ0n) is 10.3. The normalized spacial score (nSPS) is 20.8. The van der Waals surface area contributed by atoms with Gasteiger partial charge in [-0.2, -0.15) is 4.31 Å². The Bertz CT molecular complexity index is 530.